The summed E-state index contributed by atoms with van der Waals surface area (Å²) in [6.45, 7) is 2.31. The van der Waals surface area contributed by atoms with Crippen LogP contribution >= 0.6 is 0 Å². The van der Waals surface area contributed by atoms with Crippen molar-refractivity contribution in [3.63, 3.8) is 0 Å². The molecule has 0 bridgehead atoms. The van der Waals surface area contributed by atoms with Crippen LogP contribution < -0.4 is 19.7 Å². The molecular formula is C25H25N3O5. The van der Waals surface area contributed by atoms with E-state index >= 15 is 0 Å². The fourth-order valence-corrected chi connectivity index (χ4v) is 6.22. The molecule has 170 valence electrons. The molecule has 1 N–H and O–H groups in total. The molecule has 1 spiro atoms. The second kappa shape index (κ2) is 7.05. The molecule has 0 aliphatic carbocycles. The quantitative estimate of drug-likeness (QED) is 0.728. The van der Waals surface area contributed by atoms with E-state index < -0.39 is 11.5 Å². The predicted molar refractivity (Wildman–Crippen MR) is 121 cm³/mol. The van der Waals surface area contributed by atoms with Crippen molar-refractivity contribution >= 4 is 29.0 Å². The molecule has 33 heavy (non-hydrogen) atoms. The van der Waals surface area contributed by atoms with Crippen LogP contribution in [0.3, 0.4) is 0 Å². The van der Waals surface area contributed by atoms with E-state index in [0.29, 0.717) is 29.2 Å². The Morgan fingerprint density at radius 1 is 1.15 bits per heavy atom. The minimum absolute atomic E-state index is 0.0641. The van der Waals surface area contributed by atoms with Gasteiger partial charge in [-0.05, 0) is 44.9 Å². The smallest absolute Gasteiger partial charge is 0.252 e. The van der Waals surface area contributed by atoms with Gasteiger partial charge in [-0.2, -0.15) is 0 Å². The normalized spacial score (nSPS) is 27.2. The molecule has 2 aromatic rings. The molecule has 8 heteroatoms. The molecule has 3 unspecified atom stereocenters. The van der Waals surface area contributed by atoms with Gasteiger partial charge < -0.3 is 19.7 Å². The lowest BCUT2D eigenvalue weighted by Crippen LogP contribution is -2.55. The van der Waals surface area contributed by atoms with E-state index in [-0.39, 0.29) is 30.4 Å². The van der Waals surface area contributed by atoms with Crippen LogP contribution in [0.25, 0.3) is 0 Å². The number of ether oxygens (including phenoxy) is 2. The number of para-hydroxylation sites is 1. The van der Waals surface area contributed by atoms with Gasteiger partial charge in [-0.25, -0.2) is 0 Å². The van der Waals surface area contributed by atoms with Crippen LogP contribution in [0.5, 0.6) is 11.5 Å². The number of benzene rings is 2. The number of rotatable bonds is 3. The highest BCUT2D eigenvalue weighted by atomic mass is 16.7. The van der Waals surface area contributed by atoms with Crippen molar-refractivity contribution in [2.75, 3.05) is 30.6 Å². The highest BCUT2D eigenvalue weighted by Gasteiger charge is 2.66. The fraction of sp³-hybridized carbons (Fsp3) is 0.400. The molecule has 2 fully saturated rings. The molecule has 6 rings (SSSR count). The molecule has 2 amide bonds. The van der Waals surface area contributed by atoms with E-state index in [4.69, 9.17) is 9.47 Å². The third-order valence-corrected chi connectivity index (χ3v) is 7.62. The minimum atomic E-state index is -1.02. The Hall–Kier alpha value is -3.39. The molecule has 4 heterocycles. The summed E-state index contributed by atoms with van der Waals surface area (Å²) in [6.07, 6.45) is 2.57. The van der Waals surface area contributed by atoms with Crippen molar-refractivity contribution < 1.29 is 23.9 Å². The van der Waals surface area contributed by atoms with E-state index in [9.17, 15) is 14.4 Å². The van der Waals surface area contributed by atoms with Gasteiger partial charge in [0.1, 0.15) is 5.54 Å². The van der Waals surface area contributed by atoms with Gasteiger partial charge in [0.2, 0.25) is 12.7 Å². The number of fused-ring (bicyclic) bond motifs is 5. The van der Waals surface area contributed by atoms with E-state index in [1.165, 1.54) is 6.92 Å². The number of anilines is 2. The summed E-state index contributed by atoms with van der Waals surface area (Å²) >= 11 is 0. The number of ketones is 1. The molecule has 4 aliphatic rings. The van der Waals surface area contributed by atoms with Crippen molar-refractivity contribution in [2.24, 2.45) is 5.92 Å². The maximum Gasteiger partial charge on any atom is 0.252 e. The highest BCUT2D eigenvalue weighted by Crippen LogP contribution is 2.57. The van der Waals surface area contributed by atoms with Crippen molar-refractivity contribution in [3.8, 4) is 11.5 Å². The molecule has 8 nitrogen and oxygen atoms in total. The topological polar surface area (TPSA) is 88.2 Å². The highest BCUT2D eigenvalue weighted by molar-refractivity contribution is 6.12. The van der Waals surface area contributed by atoms with Crippen LogP contribution in [0.4, 0.5) is 11.4 Å². The zero-order chi connectivity index (χ0) is 22.9. The van der Waals surface area contributed by atoms with E-state index in [0.717, 1.165) is 30.6 Å². The van der Waals surface area contributed by atoms with Crippen LogP contribution in [-0.4, -0.2) is 48.9 Å². The largest absolute Gasteiger partial charge is 0.454 e. The number of Topliss-reactive ketones (excluding diaryl/α,β-unsaturated/α-hetero) is 1. The van der Waals surface area contributed by atoms with Crippen LogP contribution in [-0.2, 0) is 15.1 Å². The Kier molecular flexibility index (Phi) is 4.32. The summed E-state index contributed by atoms with van der Waals surface area (Å²) in [7, 11) is 1.78. The van der Waals surface area contributed by atoms with Gasteiger partial charge in [0.25, 0.3) is 5.91 Å². The van der Waals surface area contributed by atoms with Crippen molar-refractivity contribution in [2.45, 2.75) is 37.8 Å². The number of carbonyl (C=O) groups excluding carboxylic acids is 3. The van der Waals surface area contributed by atoms with Gasteiger partial charge in [-0.3, -0.25) is 19.3 Å². The molecular weight excluding hydrogens is 422 g/mol. The Morgan fingerprint density at radius 2 is 1.91 bits per heavy atom. The van der Waals surface area contributed by atoms with Crippen LogP contribution in [0.1, 0.15) is 42.1 Å². The Bertz CT molecular complexity index is 1210. The summed E-state index contributed by atoms with van der Waals surface area (Å²) in [4.78, 5) is 43.9. The zero-order valence-corrected chi connectivity index (χ0v) is 18.6. The standard InChI is InChI=1S/C25H25N3O5/c1-14(29)16-11-21-22(33-13-32-21)12-19(16)26-23(30)18-10-15-6-5-9-28(15)25(18)17-7-3-4-8-20(17)27(2)24(25)31/h3-4,7-8,11-12,15,18H,5-6,9-10,13H2,1-2H3,(H,26,30). The zero-order valence-electron chi connectivity index (χ0n) is 18.6. The second-order valence-corrected chi connectivity index (χ2v) is 9.22. The molecule has 4 aliphatic heterocycles. The van der Waals surface area contributed by atoms with Gasteiger partial charge in [0, 0.05) is 36.0 Å². The fourth-order valence-electron chi connectivity index (χ4n) is 6.22. The van der Waals surface area contributed by atoms with E-state index in [1.807, 2.05) is 24.3 Å². The summed E-state index contributed by atoms with van der Waals surface area (Å²) in [5, 5.41) is 2.98. The number of nitrogens with zero attached hydrogens (tertiary/aromatic N) is 2. The van der Waals surface area contributed by atoms with Crippen molar-refractivity contribution in [1.82, 2.24) is 4.90 Å². The molecule has 0 radical (unpaired) electrons. The van der Waals surface area contributed by atoms with Gasteiger partial charge in [-0.15, -0.1) is 0 Å². The Balaban J connectivity index is 1.43. The number of likely N-dealkylation sites (N-methyl/N-ethyl adjacent to an activating group) is 1. The van der Waals surface area contributed by atoms with Crippen molar-refractivity contribution in [1.29, 1.82) is 0 Å². The average Bonchev–Trinajstić information content (AvgIpc) is 3.55. The first-order chi connectivity index (χ1) is 15.9. The first-order valence-electron chi connectivity index (χ1n) is 11.3. The number of amides is 2. The number of hydrogen-bond acceptors (Lipinski definition) is 6. The first kappa shape index (κ1) is 20.2. The average molecular weight is 447 g/mol. The molecule has 3 atom stereocenters. The predicted octanol–water partition coefficient (Wildman–Crippen LogP) is 2.91. The summed E-state index contributed by atoms with van der Waals surface area (Å²) < 4.78 is 10.9. The summed E-state index contributed by atoms with van der Waals surface area (Å²) in [6, 6.07) is 11.2. The van der Waals surface area contributed by atoms with Crippen LogP contribution in [0, 0.1) is 5.92 Å². The van der Waals surface area contributed by atoms with Crippen LogP contribution in [0.15, 0.2) is 36.4 Å². The van der Waals surface area contributed by atoms with Gasteiger partial charge >= 0.3 is 0 Å². The maximum absolute atomic E-state index is 13.9. The number of carbonyl (C=O) groups is 3. The Morgan fingerprint density at radius 3 is 2.70 bits per heavy atom. The molecule has 2 aromatic carbocycles. The molecule has 0 saturated carbocycles. The lowest BCUT2D eigenvalue weighted by atomic mass is 9.78. The lowest BCUT2D eigenvalue weighted by Gasteiger charge is -2.37. The Labute approximate surface area is 191 Å². The van der Waals surface area contributed by atoms with Gasteiger partial charge in [0.15, 0.2) is 17.3 Å². The van der Waals surface area contributed by atoms with E-state index in [1.54, 1.807) is 24.1 Å². The van der Waals surface area contributed by atoms with Crippen molar-refractivity contribution in [3.05, 3.63) is 47.5 Å². The molecule has 2 saturated heterocycles. The third-order valence-electron chi connectivity index (χ3n) is 7.62. The number of nitrogens with one attached hydrogen (secondary N) is 1. The summed E-state index contributed by atoms with van der Waals surface area (Å²) in [5.74, 6) is -0.120. The number of hydrogen-bond donors (Lipinski definition) is 1. The van der Waals surface area contributed by atoms with E-state index in [2.05, 4.69) is 10.2 Å². The third kappa shape index (κ3) is 2.64. The minimum Gasteiger partial charge on any atom is -0.454 e. The maximum atomic E-state index is 13.9. The monoisotopic (exact) mass is 447 g/mol. The first-order valence-corrected chi connectivity index (χ1v) is 11.3. The molecule has 0 aromatic heterocycles. The SMILES string of the molecule is CC(=O)c1cc2c(cc1NC(=O)C1CC3CCCN3C13C(=O)N(C)c1ccccc13)OCO2. The van der Waals surface area contributed by atoms with Crippen LogP contribution in [0.2, 0.25) is 0 Å². The van der Waals surface area contributed by atoms with Gasteiger partial charge in [0.05, 0.1) is 11.6 Å². The lowest BCUT2D eigenvalue weighted by molar-refractivity contribution is -0.136. The second-order valence-electron chi connectivity index (χ2n) is 9.22. The summed E-state index contributed by atoms with van der Waals surface area (Å²) in [5.41, 5.74) is 1.45. The van der Waals surface area contributed by atoms with Gasteiger partial charge in [-0.1, -0.05) is 18.2 Å².